The van der Waals surface area contributed by atoms with Gasteiger partial charge in [-0.3, -0.25) is 4.79 Å². The molecule has 3 rings (SSSR count). The number of unbranched alkanes of at least 4 members (excludes halogenated alkanes) is 1. The van der Waals surface area contributed by atoms with E-state index in [9.17, 15) is 4.79 Å². The highest BCUT2D eigenvalue weighted by Gasteiger charge is 2.10. The lowest BCUT2D eigenvalue weighted by molar-refractivity contribution is -0.114. The van der Waals surface area contributed by atoms with Crippen LogP contribution in [0.5, 0.6) is 0 Å². The summed E-state index contributed by atoms with van der Waals surface area (Å²) in [6.07, 6.45) is 3.55. The van der Waals surface area contributed by atoms with E-state index >= 15 is 0 Å². The first-order chi connectivity index (χ1) is 11.6. The summed E-state index contributed by atoms with van der Waals surface area (Å²) in [6, 6.07) is 15.1. The van der Waals surface area contributed by atoms with Gasteiger partial charge in [-0.05, 0) is 60.5 Å². The van der Waals surface area contributed by atoms with E-state index in [1.807, 2.05) is 17.4 Å². The van der Waals surface area contributed by atoms with Crippen molar-refractivity contribution < 1.29 is 4.79 Å². The molecule has 1 aromatic heterocycles. The Morgan fingerprint density at radius 2 is 1.96 bits per heavy atom. The highest BCUT2D eigenvalue weighted by molar-refractivity contribution is 7.22. The molecule has 0 radical (unpaired) electrons. The minimum atomic E-state index is -0.0369. The lowest BCUT2D eigenvalue weighted by Crippen LogP contribution is -2.05. The van der Waals surface area contributed by atoms with Crippen LogP contribution >= 0.6 is 11.3 Å². The van der Waals surface area contributed by atoms with Crippen LogP contribution in [0.2, 0.25) is 0 Å². The fraction of sp³-hybridized carbons (Fsp3) is 0.286. The fourth-order valence-electron chi connectivity index (χ4n) is 2.99. The number of amides is 1. The number of carbonyl (C=O) groups is 1. The molecule has 0 bridgehead atoms. The van der Waals surface area contributed by atoms with Crippen molar-refractivity contribution in [2.24, 2.45) is 0 Å². The first kappa shape index (κ1) is 16.7. The molecule has 3 aromatic rings. The van der Waals surface area contributed by atoms with Crippen molar-refractivity contribution in [1.82, 2.24) is 0 Å². The SMILES string of the molecule is CCCCc1cc(C)ccc1-c1cc2cc(NC(C)=O)ccc2s1. The third-order valence-electron chi connectivity index (χ3n) is 4.16. The highest BCUT2D eigenvalue weighted by Crippen LogP contribution is 2.37. The molecule has 0 unspecified atom stereocenters. The molecule has 3 heteroatoms. The molecular weight excluding hydrogens is 314 g/mol. The summed E-state index contributed by atoms with van der Waals surface area (Å²) in [7, 11) is 0. The molecule has 0 saturated heterocycles. The molecule has 0 spiro atoms. The maximum absolute atomic E-state index is 11.2. The normalized spacial score (nSPS) is 11.0. The van der Waals surface area contributed by atoms with Crippen LogP contribution in [0.1, 0.15) is 37.8 Å². The predicted octanol–water partition coefficient (Wildman–Crippen LogP) is 6.18. The van der Waals surface area contributed by atoms with Gasteiger partial charge in [0.2, 0.25) is 5.91 Å². The van der Waals surface area contributed by atoms with Gasteiger partial charge in [0.05, 0.1) is 0 Å². The quantitative estimate of drug-likeness (QED) is 0.592. The molecule has 124 valence electrons. The van der Waals surface area contributed by atoms with Gasteiger partial charge in [-0.2, -0.15) is 0 Å². The molecule has 2 aromatic carbocycles. The van der Waals surface area contributed by atoms with Crippen LogP contribution in [-0.2, 0) is 11.2 Å². The first-order valence-corrected chi connectivity index (χ1v) is 9.29. The van der Waals surface area contributed by atoms with Gasteiger partial charge in [0, 0.05) is 22.2 Å². The second kappa shape index (κ2) is 7.18. The van der Waals surface area contributed by atoms with Gasteiger partial charge in [-0.15, -0.1) is 11.3 Å². The monoisotopic (exact) mass is 337 g/mol. The van der Waals surface area contributed by atoms with Crippen molar-refractivity contribution in [3.8, 4) is 10.4 Å². The molecule has 24 heavy (non-hydrogen) atoms. The summed E-state index contributed by atoms with van der Waals surface area (Å²) in [6.45, 7) is 5.93. The second-order valence-electron chi connectivity index (χ2n) is 6.31. The number of rotatable bonds is 5. The largest absolute Gasteiger partial charge is 0.326 e. The lowest BCUT2D eigenvalue weighted by atomic mass is 9.98. The van der Waals surface area contributed by atoms with Crippen LogP contribution in [0.4, 0.5) is 5.69 Å². The van der Waals surface area contributed by atoms with Crippen LogP contribution in [-0.4, -0.2) is 5.91 Å². The summed E-state index contributed by atoms with van der Waals surface area (Å²) in [5.41, 5.74) is 4.95. The topological polar surface area (TPSA) is 29.1 Å². The number of fused-ring (bicyclic) bond motifs is 1. The molecule has 0 atom stereocenters. The Labute approximate surface area is 147 Å². The average Bonchev–Trinajstić information content (AvgIpc) is 2.95. The summed E-state index contributed by atoms with van der Waals surface area (Å²) in [5.74, 6) is -0.0369. The molecule has 0 aliphatic rings. The van der Waals surface area contributed by atoms with E-state index in [1.165, 1.54) is 51.4 Å². The Hall–Kier alpha value is -2.13. The number of aryl methyl sites for hydroxylation is 2. The summed E-state index contributed by atoms with van der Waals surface area (Å²) in [4.78, 5) is 12.5. The number of hydrogen-bond donors (Lipinski definition) is 1. The van der Waals surface area contributed by atoms with Gasteiger partial charge in [0.1, 0.15) is 0 Å². The average molecular weight is 337 g/mol. The minimum Gasteiger partial charge on any atom is -0.326 e. The Balaban J connectivity index is 2.01. The van der Waals surface area contributed by atoms with Gasteiger partial charge >= 0.3 is 0 Å². The zero-order valence-electron chi connectivity index (χ0n) is 14.5. The molecule has 0 aliphatic carbocycles. The van der Waals surface area contributed by atoms with E-state index in [0.29, 0.717) is 0 Å². The summed E-state index contributed by atoms with van der Waals surface area (Å²) < 4.78 is 1.25. The third-order valence-corrected chi connectivity index (χ3v) is 5.31. The number of hydrogen-bond acceptors (Lipinski definition) is 2. The van der Waals surface area contributed by atoms with Gasteiger partial charge in [-0.25, -0.2) is 0 Å². The van der Waals surface area contributed by atoms with Crippen molar-refractivity contribution in [2.45, 2.75) is 40.0 Å². The van der Waals surface area contributed by atoms with Crippen LogP contribution in [0.3, 0.4) is 0 Å². The highest BCUT2D eigenvalue weighted by atomic mass is 32.1. The van der Waals surface area contributed by atoms with Gasteiger partial charge < -0.3 is 5.32 Å². The van der Waals surface area contributed by atoms with E-state index in [1.54, 1.807) is 0 Å². The predicted molar refractivity (Wildman–Crippen MR) is 105 cm³/mol. The molecule has 0 saturated carbocycles. The zero-order chi connectivity index (χ0) is 17.1. The Bertz CT molecular complexity index is 879. The Kier molecular flexibility index (Phi) is 5.00. The van der Waals surface area contributed by atoms with E-state index in [-0.39, 0.29) is 5.91 Å². The second-order valence-corrected chi connectivity index (χ2v) is 7.39. The lowest BCUT2D eigenvalue weighted by Gasteiger charge is -2.08. The molecule has 2 nitrogen and oxygen atoms in total. The zero-order valence-corrected chi connectivity index (χ0v) is 15.3. The minimum absolute atomic E-state index is 0.0369. The van der Waals surface area contributed by atoms with E-state index in [2.05, 4.69) is 55.6 Å². The molecule has 1 N–H and O–H groups in total. The number of thiophene rings is 1. The van der Waals surface area contributed by atoms with Crippen molar-refractivity contribution >= 4 is 33.0 Å². The standard InChI is InChI=1S/C21H23NOS/c1-4-5-6-16-11-14(2)7-9-19(16)21-13-17-12-18(22-15(3)23)8-10-20(17)24-21/h7-13H,4-6H2,1-3H3,(H,22,23). The van der Waals surface area contributed by atoms with Gasteiger partial charge in [0.25, 0.3) is 0 Å². The van der Waals surface area contributed by atoms with E-state index in [4.69, 9.17) is 0 Å². The van der Waals surface area contributed by atoms with Crippen LogP contribution < -0.4 is 5.32 Å². The molecule has 0 aliphatic heterocycles. The van der Waals surface area contributed by atoms with Crippen LogP contribution in [0.25, 0.3) is 20.5 Å². The fourth-order valence-corrected chi connectivity index (χ4v) is 4.10. The van der Waals surface area contributed by atoms with Crippen LogP contribution in [0, 0.1) is 6.92 Å². The molecular formula is C21H23NOS. The first-order valence-electron chi connectivity index (χ1n) is 8.48. The van der Waals surface area contributed by atoms with Crippen molar-refractivity contribution in [3.63, 3.8) is 0 Å². The van der Waals surface area contributed by atoms with Crippen molar-refractivity contribution in [2.75, 3.05) is 5.32 Å². The molecule has 0 fully saturated rings. The number of carbonyl (C=O) groups excluding carboxylic acids is 1. The Morgan fingerprint density at radius 1 is 1.12 bits per heavy atom. The smallest absolute Gasteiger partial charge is 0.221 e. The van der Waals surface area contributed by atoms with Gasteiger partial charge in [-0.1, -0.05) is 37.1 Å². The van der Waals surface area contributed by atoms with Gasteiger partial charge in [0.15, 0.2) is 0 Å². The number of anilines is 1. The van der Waals surface area contributed by atoms with E-state index < -0.39 is 0 Å². The molecule has 1 amide bonds. The number of benzene rings is 2. The summed E-state index contributed by atoms with van der Waals surface area (Å²) >= 11 is 1.82. The maximum Gasteiger partial charge on any atom is 0.221 e. The summed E-state index contributed by atoms with van der Waals surface area (Å²) in [5, 5.41) is 4.04. The van der Waals surface area contributed by atoms with Crippen molar-refractivity contribution in [1.29, 1.82) is 0 Å². The maximum atomic E-state index is 11.2. The Morgan fingerprint density at radius 3 is 2.71 bits per heavy atom. The third kappa shape index (κ3) is 3.68. The van der Waals surface area contributed by atoms with Crippen LogP contribution in [0.15, 0.2) is 42.5 Å². The number of nitrogens with one attached hydrogen (secondary N) is 1. The van der Waals surface area contributed by atoms with Crippen molar-refractivity contribution in [3.05, 3.63) is 53.6 Å². The van der Waals surface area contributed by atoms with E-state index in [0.717, 1.165) is 12.1 Å². The molecule has 1 heterocycles.